The lowest BCUT2D eigenvalue weighted by molar-refractivity contribution is -0.166. The fraction of sp³-hybridized carbons (Fsp3) is 0.517. The Balaban J connectivity index is 1.47. The second-order valence-electron chi connectivity index (χ2n) is 10.3. The molecule has 0 N–H and O–H groups in total. The van der Waals surface area contributed by atoms with Gasteiger partial charge in [0.2, 0.25) is 11.8 Å². The van der Waals surface area contributed by atoms with E-state index in [-0.39, 0.29) is 24.8 Å². The quantitative estimate of drug-likeness (QED) is 0.460. The van der Waals surface area contributed by atoms with E-state index in [0.29, 0.717) is 49.4 Å². The zero-order valence-corrected chi connectivity index (χ0v) is 22.1. The molecule has 0 radical (unpaired) electrons. The molecule has 0 bridgehead atoms. The topological polar surface area (TPSA) is 59.1 Å². The number of aryl methyl sites for hydroxylation is 1. The molecular formula is C29H37ClN2O4. The van der Waals surface area contributed by atoms with Gasteiger partial charge in [0, 0.05) is 31.6 Å². The summed E-state index contributed by atoms with van der Waals surface area (Å²) in [4.78, 5) is 30.1. The van der Waals surface area contributed by atoms with Gasteiger partial charge in [-0.25, -0.2) is 0 Å². The highest BCUT2D eigenvalue weighted by atomic mass is 35.5. The summed E-state index contributed by atoms with van der Waals surface area (Å²) in [5.41, 5.74) is 1.06. The van der Waals surface area contributed by atoms with Gasteiger partial charge in [-0.1, -0.05) is 54.8 Å². The van der Waals surface area contributed by atoms with Gasteiger partial charge in [-0.05, 0) is 55.0 Å². The van der Waals surface area contributed by atoms with Gasteiger partial charge in [0.1, 0.15) is 18.0 Å². The Labute approximate surface area is 219 Å². The summed E-state index contributed by atoms with van der Waals surface area (Å²) in [7, 11) is 1.80. The first kappa shape index (κ1) is 26.5. The van der Waals surface area contributed by atoms with Crippen molar-refractivity contribution in [2.24, 2.45) is 5.92 Å². The van der Waals surface area contributed by atoms with Crippen molar-refractivity contribution >= 4 is 23.4 Å². The van der Waals surface area contributed by atoms with Crippen molar-refractivity contribution < 1.29 is 19.1 Å². The summed E-state index contributed by atoms with van der Waals surface area (Å²) in [5, 5.41) is 0.673. The van der Waals surface area contributed by atoms with Gasteiger partial charge >= 0.3 is 0 Å². The molecule has 2 amide bonds. The smallest absolute Gasteiger partial charge is 0.225 e. The molecule has 1 saturated carbocycles. The number of nitrogens with zero attached hydrogens (tertiary/aromatic N) is 2. The molecular weight excluding hydrogens is 476 g/mol. The third kappa shape index (κ3) is 7.01. The molecule has 7 heteroatoms. The van der Waals surface area contributed by atoms with Gasteiger partial charge in [0.05, 0.1) is 19.6 Å². The lowest BCUT2D eigenvalue weighted by atomic mass is 9.95. The van der Waals surface area contributed by atoms with Crippen LogP contribution in [0.5, 0.6) is 5.75 Å². The number of hydrogen-bond donors (Lipinski definition) is 0. The first-order valence-electron chi connectivity index (χ1n) is 12.9. The number of halogens is 1. The Morgan fingerprint density at radius 2 is 1.92 bits per heavy atom. The molecule has 194 valence electrons. The minimum Gasteiger partial charge on any atom is -0.490 e. The molecule has 1 atom stereocenters. The molecule has 1 aliphatic heterocycles. The number of morpholine rings is 1. The maximum absolute atomic E-state index is 13.4. The Morgan fingerprint density at radius 3 is 2.64 bits per heavy atom. The van der Waals surface area contributed by atoms with Gasteiger partial charge < -0.3 is 19.3 Å². The molecule has 36 heavy (non-hydrogen) atoms. The number of hydrogen-bond acceptors (Lipinski definition) is 4. The van der Waals surface area contributed by atoms with Crippen LogP contribution in [-0.2, 0) is 20.9 Å². The zero-order chi connectivity index (χ0) is 25.5. The van der Waals surface area contributed by atoms with E-state index in [1.165, 1.54) is 12.8 Å². The van der Waals surface area contributed by atoms with Gasteiger partial charge in [0.25, 0.3) is 0 Å². The Bertz CT molecular complexity index is 1040. The lowest BCUT2D eigenvalue weighted by Gasteiger charge is -2.43. The van der Waals surface area contributed by atoms with E-state index in [9.17, 15) is 9.59 Å². The van der Waals surface area contributed by atoms with Crippen molar-refractivity contribution in [3.8, 4) is 5.75 Å². The molecule has 1 heterocycles. The van der Waals surface area contributed by atoms with Crippen LogP contribution in [0.3, 0.4) is 0 Å². The largest absolute Gasteiger partial charge is 0.490 e. The maximum atomic E-state index is 13.4. The van der Waals surface area contributed by atoms with E-state index < -0.39 is 5.60 Å². The minimum atomic E-state index is -0.918. The van der Waals surface area contributed by atoms with Crippen molar-refractivity contribution in [1.82, 2.24) is 9.80 Å². The van der Waals surface area contributed by atoms with E-state index in [4.69, 9.17) is 21.1 Å². The number of ether oxygens (including phenoxy) is 2. The Kier molecular flexibility index (Phi) is 8.91. The van der Waals surface area contributed by atoms with E-state index in [2.05, 4.69) is 0 Å². The minimum absolute atomic E-state index is 0.0418. The molecule has 2 aliphatic rings. The number of amides is 2. The Morgan fingerprint density at radius 1 is 1.17 bits per heavy atom. The van der Waals surface area contributed by atoms with Crippen molar-refractivity contribution in [2.75, 3.05) is 33.4 Å². The Hall–Kier alpha value is -2.57. The molecule has 1 unspecified atom stereocenters. The van der Waals surface area contributed by atoms with Crippen molar-refractivity contribution in [2.45, 2.75) is 57.6 Å². The average molecular weight is 513 g/mol. The molecule has 4 rings (SSSR count). The van der Waals surface area contributed by atoms with Crippen molar-refractivity contribution in [3.63, 3.8) is 0 Å². The van der Waals surface area contributed by atoms with Crippen molar-refractivity contribution in [3.05, 3.63) is 64.7 Å². The van der Waals surface area contributed by atoms with Crippen LogP contribution in [0.2, 0.25) is 5.02 Å². The second kappa shape index (κ2) is 12.1. The van der Waals surface area contributed by atoms with Crippen LogP contribution in [0.15, 0.2) is 48.5 Å². The highest BCUT2D eigenvalue weighted by Gasteiger charge is 2.42. The summed E-state index contributed by atoms with van der Waals surface area (Å²) in [6.07, 6.45) is 5.39. The summed E-state index contributed by atoms with van der Waals surface area (Å²) < 4.78 is 12.4. The third-order valence-electron chi connectivity index (χ3n) is 7.33. The van der Waals surface area contributed by atoms with Crippen LogP contribution in [-0.4, -0.2) is 60.6 Å². The highest BCUT2D eigenvalue weighted by molar-refractivity contribution is 6.31. The molecule has 1 saturated heterocycles. The summed E-state index contributed by atoms with van der Waals surface area (Å²) >= 11 is 6.18. The molecule has 2 aromatic rings. The highest BCUT2D eigenvalue weighted by Crippen LogP contribution is 2.31. The molecule has 2 aromatic carbocycles. The normalized spacial score (nSPS) is 20.4. The maximum Gasteiger partial charge on any atom is 0.225 e. The standard InChI is InChI=1S/C29H37ClN2O4/c1-22-16-25(12-13-26(22)30)35-21-29(18-28(34)31(2)19-24-10-4-3-5-11-24)20-32(14-15-36-29)27(33)17-23-8-6-7-9-23/h3-5,10-13,16,23H,6-9,14-15,17-21H2,1-2H3. The summed E-state index contributed by atoms with van der Waals surface area (Å²) in [5.74, 6) is 1.25. The number of benzene rings is 2. The molecule has 0 spiro atoms. The number of carbonyl (C=O) groups excluding carboxylic acids is 2. The third-order valence-corrected chi connectivity index (χ3v) is 7.76. The fourth-order valence-electron chi connectivity index (χ4n) is 5.17. The first-order valence-corrected chi connectivity index (χ1v) is 13.3. The molecule has 1 aliphatic carbocycles. The predicted octanol–water partition coefficient (Wildman–Crippen LogP) is 5.25. The SMILES string of the molecule is Cc1cc(OCC2(CC(=O)N(C)Cc3ccccc3)CN(C(=O)CC3CCCC3)CCO2)ccc1Cl. The second-order valence-corrected chi connectivity index (χ2v) is 10.7. The van der Waals surface area contributed by atoms with E-state index in [1.807, 2.05) is 54.3 Å². The summed E-state index contributed by atoms with van der Waals surface area (Å²) in [6, 6.07) is 15.4. The van der Waals surface area contributed by atoms with Crippen LogP contribution in [0.1, 0.15) is 49.7 Å². The van der Waals surface area contributed by atoms with Gasteiger partial charge in [-0.15, -0.1) is 0 Å². The van der Waals surface area contributed by atoms with Crippen LogP contribution in [0.25, 0.3) is 0 Å². The van der Waals surface area contributed by atoms with E-state index in [1.54, 1.807) is 18.0 Å². The van der Waals surface area contributed by atoms with E-state index >= 15 is 0 Å². The van der Waals surface area contributed by atoms with Crippen LogP contribution in [0, 0.1) is 12.8 Å². The molecule has 6 nitrogen and oxygen atoms in total. The number of carbonyl (C=O) groups is 2. The van der Waals surface area contributed by atoms with Crippen LogP contribution < -0.4 is 4.74 Å². The number of rotatable bonds is 9. The monoisotopic (exact) mass is 512 g/mol. The lowest BCUT2D eigenvalue weighted by Crippen LogP contribution is -2.58. The summed E-state index contributed by atoms with van der Waals surface area (Å²) in [6.45, 7) is 3.88. The van der Waals surface area contributed by atoms with E-state index in [0.717, 1.165) is 24.0 Å². The van der Waals surface area contributed by atoms with Crippen LogP contribution in [0.4, 0.5) is 0 Å². The van der Waals surface area contributed by atoms with Gasteiger partial charge in [0.15, 0.2) is 0 Å². The molecule has 0 aromatic heterocycles. The molecule has 2 fully saturated rings. The predicted molar refractivity (Wildman–Crippen MR) is 141 cm³/mol. The van der Waals surface area contributed by atoms with Gasteiger partial charge in [-0.2, -0.15) is 0 Å². The van der Waals surface area contributed by atoms with Crippen LogP contribution >= 0.6 is 11.6 Å². The van der Waals surface area contributed by atoms with Crippen molar-refractivity contribution in [1.29, 1.82) is 0 Å². The first-order chi connectivity index (χ1) is 17.3. The zero-order valence-electron chi connectivity index (χ0n) is 21.4. The average Bonchev–Trinajstić information content (AvgIpc) is 3.38. The fourth-order valence-corrected chi connectivity index (χ4v) is 5.29. The van der Waals surface area contributed by atoms with Gasteiger partial charge in [-0.3, -0.25) is 9.59 Å².